The molecule has 9 nitrogen and oxygen atoms in total. The first-order valence-electron chi connectivity index (χ1n) is 10.1. The Hall–Kier alpha value is -2.75. The van der Waals surface area contributed by atoms with Crippen molar-refractivity contribution < 1.29 is 19.1 Å². The molecule has 10 heteroatoms. The summed E-state index contributed by atoms with van der Waals surface area (Å²) in [6.45, 7) is 2.72. The van der Waals surface area contributed by atoms with Crippen molar-refractivity contribution >= 4 is 44.6 Å². The average Bonchev–Trinajstić information content (AvgIpc) is 2.76. The van der Waals surface area contributed by atoms with Gasteiger partial charge in [0.2, 0.25) is 11.8 Å². The van der Waals surface area contributed by atoms with Gasteiger partial charge in [-0.15, -0.1) is 0 Å². The molecule has 1 aromatic heterocycles. The normalized spacial score (nSPS) is 14.5. The molecule has 0 aliphatic carbocycles. The second kappa shape index (κ2) is 10.0. The maximum atomic E-state index is 12.7. The van der Waals surface area contributed by atoms with Crippen molar-refractivity contribution in [2.45, 2.75) is 26.3 Å². The molecule has 0 unspecified atom stereocenters. The van der Waals surface area contributed by atoms with Gasteiger partial charge in [0, 0.05) is 24.6 Å². The van der Waals surface area contributed by atoms with Crippen LogP contribution in [-0.4, -0.2) is 70.4 Å². The molecule has 1 aliphatic rings. The Morgan fingerprint density at radius 3 is 2.65 bits per heavy atom. The molecule has 166 valence electrons. The fraction of sp³-hybridized carbons (Fsp3) is 0.476. The summed E-state index contributed by atoms with van der Waals surface area (Å²) < 4.78 is 7.03. The summed E-state index contributed by atoms with van der Waals surface area (Å²) >= 11 is 3.33. The maximum Gasteiger partial charge on any atom is 0.309 e. The van der Waals surface area contributed by atoms with E-state index in [0.717, 1.165) is 4.47 Å². The van der Waals surface area contributed by atoms with E-state index in [1.54, 1.807) is 30.0 Å². The number of rotatable bonds is 6. The number of halogens is 1. The SMILES string of the molecule is CCOC(=O)C1CCN(C(=O)CN(C)C(=O)Cn2cnc3ccc(Br)cc3c2=O)CC1. The molecular weight excluding hydrogens is 468 g/mol. The van der Waals surface area contributed by atoms with Crippen LogP contribution in [0.25, 0.3) is 10.9 Å². The minimum atomic E-state index is -0.368. The van der Waals surface area contributed by atoms with Gasteiger partial charge < -0.3 is 14.5 Å². The zero-order valence-corrected chi connectivity index (χ0v) is 19.1. The molecule has 2 heterocycles. The number of esters is 1. The van der Waals surface area contributed by atoms with E-state index in [9.17, 15) is 19.2 Å². The number of ether oxygens (including phenoxy) is 1. The highest BCUT2D eigenvalue weighted by atomic mass is 79.9. The minimum Gasteiger partial charge on any atom is -0.466 e. The van der Waals surface area contributed by atoms with Gasteiger partial charge in [-0.3, -0.25) is 23.7 Å². The number of fused-ring (bicyclic) bond motifs is 1. The summed E-state index contributed by atoms with van der Waals surface area (Å²) in [6.07, 6.45) is 2.44. The molecule has 0 radical (unpaired) electrons. The van der Waals surface area contributed by atoms with Crippen molar-refractivity contribution in [1.29, 1.82) is 0 Å². The van der Waals surface area contributed by atoms with Crippen molar-refractivity contribution in [2.75, 3.05) is 33.3 Å². The van der Waals surface area contributed by atoms with Crippen LogP contribution in [0.3, 0.4) is 0 Å². The number of carbonyl (C=O) groups excluding carboxylic acids is 3. The molecule has 1 fully saturated rings. The average molecular weight is 493 g/mol. The summed E-state index contributed by atoms with van der Waals surface area (Å²) in [5, 5.41) is 0.410. The van der Waals surface area contributed by atoms with Crippen LogP contribution in [0.5, 0.6) is 0 Å². The summed E-state index contributed by atoms with van der Waals surface area (Å²) in [7, 11) is 1.53. The van der Waals surface area contributed by atoms with Crippen LogP contribution < -0.4 is 5.56 Å². The minimum absolute atomic E-state index is 0.0930. The molecular formula is C21H25BrN4O5. The van der Waals surface area contributed by atoms with Gasteiger partial charge in [0.1, 0.15) is 6.54 Å². The third-order valence-corrected chi connectivity index (χ3v) is 5.85. The molecule has 2 amide bonds. The second-order valence-electron chi connectivity index (χ2n) is 7.50. The predicted molar refractivity (Wildman–Crippen MR) is 117 cm³/mol. The first-order valence-corrected chi connectivity index (χ1v) is 10.9. The lowest BCUT2D eigenvalue weighted by molar-refractivity contribution is -0.151. The summed E-state index contributed by atoms with van der Waals surface area (Å²) in [6, 6.07) is 5.18. The highest BCUT2D eigenvalue weighted by molar-refractivity contribution is 9.10. The lowest BCUT2D eigenvalue weighted by atomic mass is 9.97. The fourth-order valence-corrected chi connectivity index (χ4v) is 3.89. The number of likely N-dealkylation sites (tertiary alicyclic amines) is 1. The van der Waals surface area contributed by atoms with Gasteiger partial charge in [0.25, 0.3) is 5.56 Å². The topological polar surface area (TPSA) is 102 Å². The Balaban J connectivity index is 1.57. The molecule has 1 saturated heterocycles. The molecule has 2 aromatic rings. The predicted octanol–water partition coefficient (Wildman–Crippen LogP) is 1.42. The number of benzene rings is 1. The molecule has 31 heavy (non-hydrogen) atoms. The van der Waals surface area contributed by atoms with Gasteiger partial charge in [0.05, 0.1) is 36.3 Å². The third-order valence-electron chi connectivity index (χ3n) is 5.36. The van der Waals surface area contributed by atoms with Crippen molar-refractivity contribution in [3.8, 4) is 0 Å². The smallest absolute Gasteiger partial charge is 0.309 e. The molecule has 0 saturated carbocycles. The van der Waals surface area contributed by atoms with Gasteiger partial charge in [0.15, 0.2) is 0 Å². The maximum absolute atomic E-state index is 12.7. The van der Waals surface area contributed by atoms with Gasteiger partial charge in [-0.05, 0) is 38.0 Å². The van der Waals surface area contributed by atoms with E-state index in [2.05, 4.69) is 20.9 Å². The lowest BCUT2D eigenvalue weighted by Gasteiger charge is -2.32. The van der Waals surface area contributed by atoms with E-state index in [0.29, 0.717) is 43.4 Å². The second-order valence-corrected chi connectivity index (χ2v) is 8.41. The number of likely N-dealkylation sites (N-methyl/N-ethyl adjacent to an activating group) is 1. The van der Waals surface area contributed by atoms with Crippen molar-refractivity contribution in [3.05, 3.63) is 39.4 Å². The van der Waals surface area contributed by atoms with Gasteiger partial charge in [-0.1, -0.05) is 15.9 Å². The standard InChI is InChI=1S/C21H25BrN4O5/c1-3-31-21(30)14-6-8-25(9-7-14)19(28)11-24(2)18(27)12-26-13-23-17-5-4-15(22)10-16(17)20(26)29/h4-5,10,13-14H,3,6-9,11-12H2,1-2H3. The lowest BCUT2D eigenvalue weighted by Crippen LogP contribution is -2.46. The summed E-state index contributed by atoms with van der Waals surface area (Å²) in [4.78, 5) is 56.8. The Kier molecular flexibility index (Phi) is 7.42. The van der Waals surface area contributed by atoms with E-state index >= 15 is 0 Å². The molecule has 0 N–H and O–H groups in total. The largest absolute Gasteiger partial charge is 0.466 e. The van der Waals surface area contributed by atoms with E-state index in [4.69, 9.17) is 4.74 Å². The monoisotopic (exact) mass is 492 g/mol. The highest BCUT2D eigenvalue weighted by Gasteiger charge is 2.29. The first-order chi connectivity index (χ1) is 14.8. The number of aromatic nitrogens is 2. The molecule has 3 rings (SSSR count). The van der Waals surface area contributed by atoms with Crippen molar-refractivity contribution in [2.24, 2.45) is 5.92 Å². The summed E-state index contributed by atoms with van der Waals surface area (Å²) in [5.41, 5.74) is 0.229. The van der Waals surface area contributed by atoms with Crippen LogP contribution in [0.1, 0.15) is 19.8 Å². The number of hydrogen-bond acceptors (Lipinski definition) is 6. The molecule has 0 atom stereocenters. The number of nitrogens with zero attached hydrogens (tertiary/aromatic N) is 4. The Morgan fingerprint density at radius 1 is 1.26 bits per heavy atom. The van der Waals surface area contributed by atoms with Gasteiger partial charge >= 0.3 is 5.97 Å². The quantitative estimate of drug-likeness (QED) is 0.565. The van der Waals surface area contributed by atoms with Crippen LogP contribution in [-0.2, 0) is 25.7 Å². The van der Waals surface area contributed by atoms with Crippen LogP contribution in [0.4, 0.5) is 0 Å². The molecule has 1 aromatic carbocycles. The van der Waals surface area contributed by atoms with E-state index in [-0.39, 0.29) is 42.4 Å². The molecule has 1 aliphatic heterocycles. The Morgan fingerprint density at radius 2 is 1.97 bits per heavy atom. The van der Waals surface area contributed by atoms with Crippen molar-refractivity contribution in [1.82, 2.24) is 19.4 Å². The number of piperidine rings is 1. The van der Waals surface area contributed by atoms with E-state index < -0.39 is 0 Å². The van der Waals surface area contributed by atoms with Crippen LogP contribution in [0.15, 0.2) is 33.8 Å². The highest BCUT2D eigenvalue weighted by Crippen LogP contribution is 2.19. The van der Waals surface area contributed by atoms with Gasteiger partial charge in [-0.25, -0.2) is 4.98 Å². The first kappa shape index (κ1) is 22.9. The van der Waals surface area contributed by atoms with Crippen molar-refractivity contribution in [3.63, 3.8) is 0 Å². The van der Waals surface area contributed by atoms with Gasteiger partial charge in [-0.2, -0.15) is 0 Å². The van der Waals surface area contributed by atoms with E-state index in [1.807, 2.05) is 0 Å². The molecule has 0 bridgehead atoms. The number of hydrogen-bond donors (Lipinski definition) is 0. The zero-order chi connectivity index (χ0) is 22.5. The fourth-order valence-electron chi connectivity index (χ4n) is 3.53. The third kappa shape index (κ3) is 5.49. The Bertz CT molecular complexity index is 1050. The van der Waals surface area contributed by atoms with Crippen LogP contribution in [0, 0.1) is 5.92 Å². The Labute approximate surface area is 188 Å². The zero-order valence-electron chi connectivity index (χ0n) is 17.5. The summed E-state index contributed by atoms with van der Waals surface area (Å²) in [5.74, 6) is -0.960. The van der Waals surface area contributed by atoms with Crippen LogP contribution in [0.2, 0.25) is 0 Å². The molecule has 0 spiro atoms. The number of carbonyl (C=O) groups is 3. The van der Waals surface area contributed by atoms with Crippen LogP contribution >= 0.6 is 15.9 Å². The number of amides is 2. The van der Waals surface area contributed by atoms with E-state index in [1.165, 1.54) is 22.8 Å².